The van der Waals surface area contributed by atoms with Crippen molar-refractivity contribution < 1.29 is 4.79 Å². The van der Waals surface area contributed by atoms with Gasteiger partial charge in [0.25, 0.3) is 5.91 Å². The Hall–Kier alpha value is -0.940. The molecule has 110 valence electrons. The highest BCUT2D eigenvalue weighted by molar-refractivity contribution is 7.13. The lowest BCUT2D eigenvalue weighted by Crippen LogP contribution is -2.47. The van der Waals surface area contributed by atoms with Gasteiger partial charge in [-0.1, -0.05) is 0 Å². The van der Waals surface area contributed by atoms with Gasteiger partial charge >= 0.3 is 0 Å². The van der Waals surface area contributed by atoms with Crippen LogP contribution in [0.4, 0.5) is 0 Å². The van der Waals surface area contributed by atoms with E-state index in [-0.39, 0.29) is 5.91 Å². The van der Waals surface area contributed by atoms with Crippen molar-refractivity contribution in [1.29, 1.82) is 0 Å². The number of rotatable bonds is 2. The maximum absolute atomic E-state index is 12.8. The molecule has 1 aromatic rings. The highest BCUT2D eigenvalue weighted by Crippen LogP contribution is 2.31. The van der Waals surface area contributed by atoms with Crippen molar-refractivity contribution in [3.63, 3.8) is 0 Å². The summed E-state index contributed by atoms with van der Waals surface area (Å²) < 4.78 is 0. The number of thiazole rings is 1. The molecule has 2 aliphatic heterocycles. The molecule has 0 N–H and O–H groups in total. The largest absolute Gasteiger partial charge is 0.333 e. The molecular weight excluding hydrogens is 270 g/mol. The molecule has 5 heteroatoms. The van der Waals surface area contributed by atoms with E-state index in [0.29, 0.717) is 12.1 Å². The lowest BCUT2D eigenvalue weighted by molar-refractivity contribution is 0.0668. The third-order valence-corrected chi connectivity index (χ3v) is 5.74. The number of hydrogen-bond donors (Lipinski definition) is 0. The molecule has 3 rings (SSSR count). The first-order valence-electron chi connectivity index (χ1n) is 7.53. The monoisotopic (exact) mass is 293 g/mol. The second-order valence-electron chi connectivity index (χ2n) is 6.05. The Morgan fingerprint density at radius 1 is 1.20 bits per heavy atom. The first-order chi connectivity index (χ1) is 9.58. The number of aryl methyl sites for hydroxylation is 2. The Labute approximate surface area is 124 Å². The van der Waals surface area contributed by atoms with Crippen LogP contribution in [-0.4, -0.2) is 52.9 Å². The Bertz CT molecular complexity index is 513. The summed E-state index contributed by atoms with van der Waals surface area (Å²) in [4.78, 5) is 22.6. The fourth-order valence-electron chi connectivity index (χ4n) is 3.73. The Morgan fingerprint density at radius 2 is 1.90 bits per heavy atom. The zero-order valence-corrected chi connectivity index (χ0v) is 13.4. The van der Waals surface area contributed by atoms with Gasteiger partial charge in [-0.15, -0.1) is 11.3 Å². The Kier molecular flexibility index (Phi) is 3.82. The number of carbonyl (C=O) groups excluding carboxylic acids is 1. The van der Waals surface area contributed by atoms with Gasteiger partial charge < -0.3 is 9.80 Å². The minimum atomic E-state index is 0.205. The highest BCUT2D eigenvalue weighted by atomic mass is 32.1. The zero-order valence-electron chi connectivity index (χ0n) is 12.6. The number of likely N-dealkylation sites (N-methyl/N-ethyl adjacent to an activating group) is 1. The van der Waals surface area contributed by atoms with Gasteiger partial charge in [0.1, 0.15) is 4.88 Å². The third kappa shape index (κ3) is 2.37. The van der Waals surface area contributed by atoms with Crippen molar-refractivity contribution in [2.24, 2.45) is 0 Å². The van der Waals surface area contributed by atoms with E-state index in [1.165, 1.54) is 30.7 Å². The first kappa shape index (κ1) is 14.0. The van der Waals surface area contributed by atoms with E-state index in [4.69, 9.17) is 0 Å². The molecule has 2 aliphatic rings. The summed E-state index contributed by atoms with van der Waals surface area (Å²) in [5.41, 5.74) is 0.892. The number of aromatic nitrogens is 1. The molecule has 0 aromatic carbocycles. The molecule has 1 amide bonds. The van der Waals surface area contributed by atoms with Crippen molar-refractivity contribution in [3.05, 3.63) is 15.6 Å². The van der Waals surface area contributed by atoms with Gasteiger partial charge in [-0.2, -0.15) is 0 Å². The van der Waals surface area contributed by atoms with E-state index >= 15 is 0 Å². The van der Waals surface area contributed by atoms with Crippen LogP contribution in [0.15, 0.2) is 0 Å². The van der Waals surface area contributed by atoms with Gasteiger partial charge in [0.15, 0.2) is 0 Å². The van der Waals surface area contributed by atoms with Crippen molar-refractivity contribution in [2.75, 3.05) is 20.1 Å². The van der Waals surface area contributed by atoms with Crippen molar-refractivity contribution in [2.45, 2.75) is 51.6 Å². The number of carbonyl (C=O) groups is 1. The van der Waals surface area contributed by atoms with Crippen LogP contribution in [0.2, 0.25) is 0 Å². The molecule has 0 radical (unpaired) electrons. The predicted octanol–water partition coefficient (Wildman–Crippen LogP) is 2.46. The van der Waals surface area contributed by atoms with E-state index in [2.05, 4.69) is 21.8 Å². The lowest BCUT2D eigenvalue weighted by atomic mass is 10.0. The first-order valence-corrected chi connectivity index (χ1v) is 8.35. The summed E-state index contributed by atoms with van der Waals surface area (Å²) >= 11 is 1.54. The topological polar surface area (TPSA) is 36.4 Å². The predicted molar refractivity (Wildman–Crippen MR) is 81.3 cm³/mol. The second kappa shape index (κ2) is 5.45. The Morgan fingerprint density at radius 3 is 2.50 bits per heavy atom. The van der Waals surface area contributed by atoms with Gasteiger partial charge in [-0.25, -0.2) is 4.98 Å². The zero-order chi connectivity index (χ0) is 14.3. The minimum absolute atomic E-state index is 0.205. The van der Waals surface area contributed by atoms with Crippen molar-refractivity contribution in [1.82, 2.24) is 14.8 Å². The van der Waals surface area contributed by atoms with Gasteiger partial charge in [0.05, 0.1) is 10.7 Å². The van der Waals surface area contributed by atoms with Crippen LogP contribution in [-0.2, 0) is 0 Å². The van der Waals surface area contributed by atoms with Crippen LogP contribution in [0.1, 0.15) is 46.1 Å². The van der Waals surface area contributed by atoms with Crippen molar-refractivity contribution >= 4 is 17.2 Å². The number of amides is 1. The number of hydrogen-bond acceptors (Lipinski definition) is 4. The molecule has 2 saturated heterocycles. The van der Waals surface area contributed by atoms with Crippen LogP contribution >= 0.6 is 11.3 Å². The maximum Gasteiger partial charge on any atom is 0.266 e. The fourth-order valence-corrected chi connectivity index (χ4v) is 4.60. The molecule has 0 spiro atoms. The molecule has 2 fully saturated rings. The van der Waals surface area contributed by atoms with Crippen LogP contribution in [0, 0.1) is 13.8 Å². The average Bonchev–Trinajstić information content (AvgIpc) is 3.08. The number of likely N-dealkylation sites (tertiary alicyclic amines) is 2. The van der Waals surface area contributed by atoms with Gasteiger partial charge in [-0.05, 0) is 53.1 Å². The summed E-state index contributed by atoms with van der Waals surface area (Å²) in [5.74, 6) is 0.205. The highest BCUT2D eigenvalue weighted by Gasteiger charge is 2.39. The van der Waals surface area contributed by atoms with Crippen LogP contribution in [0.25, 0.3) is 0 Å². The van der Waals surface area contributed by atoms with Crippen LogP contribution in [0.3, 0.4) is 0 Å². The maximum atomic E-state index is 12.8. The van der Waals surface area contributed by atoms with Crippen LogP contribution in [0.5, 0.6) is 0 Å². The average molecular weight is 293 g/mol. The van der Waals surface area contributed by atoms with Gasteiger partial charge in [-0.3, -0.25) is 4.79 Å². The fraction of sp³-hybridized carbons (Fsp3) is 0.733. The third-order valence-electron chi connectivity index (χ3n) is 4.68. The molecule has 0 aliphatic carbocycles. The standard InChI is InChI=1S/C15H23N3OS/c1-10-14(20-11(2)16-10)15(19)18-9-5-7-13(18)12-6-4-8-17(12)3/h12-13H,4-9H2,1-3H3. The molecule has 20 heavy (non-hydrogen) atoms. The molecule has 4 nitrogen and oxygen atoms in total. The number of nitrogens with zero attached hydrogens (tertiary/aromatic N) is 3. The summed E-state index contributed by atoms with van der Waals surface area (Å²) in [7, 11) is 2.20. The van der Waals surface area contributed by atoms with E-state index in [1.807, 2.05) is 13.8 Å². The van der Waals surface area contributed by atoms with Gasteiger partial charge in [0, 0.05) is 18.6 Å². The quantitative estimate of drug-likeness (QED) is 0.840. The van der Waals surface area contributed by atoms with E-state index in [1.54, 1.807) is 0 Å². The van der Waals surface area contributed by atoms with Gasteiger partial charge in [0.2, 0.25) is 0 Å². The molecule has 1 aromatic heterocycles. The van der Waals surface area contributed by atoms with Crippen LogP contribution < -0.4 is 0 Å². The van der Waals surface area contributed by atoms with E-state index in [0.717, 1.165) is 35.0 Å². The second-order valence-corrected chi connectivity index (χ2v) is 7.25. The molecule has 3 heterocycles. The van der Waals surface area contributed by atoms with Crippen molar-refractivity contribution in [3.8, 4) is 0 Å². The summed E-state index contributed by atoms with van der Waals surface area (Å²) in [6.45, 7) is 6.00. The SMILES string of the molecule is Cc1nc(C)c(C(=O)N2CCCC2C2CCCN2C)s1. The molecule has 2 atom stereocenters. The molecule has 2 unspecified atom stereocenters. The van der Waals surface area contributed by atoms with E-state index in [9.17, 15) is 4.79 Å². The molecular formula is C15H23N3OS. The summed E-state index contributed by atoms with van der Waals surface area (Å²) in [6, 6.07) is 0.951. The summed E-state index contributed by atoms with van der Waals surface area (Å²) in [6.07, 6.45) is 4.78. The normalized spacial score (nSPS) is 27.4. The molecule has 0 bridgehead atoms. The van der Waals surface area contributed by atoms with E-state index < -0.39 is 0 Å². The molecule has 0 saturated carbocycles. The lowest BCUT2D eigenvalue weighted by Gasteiger charge is -2.33. The Balaban J connectivity index is 1.81. The smallest absolute Gasteiger partial charge is 0.266 e. The minimum Gasteiger partial charge on any atom is -0.333 e. The summed E-state index contributed by atoms with van der Waals surface area (Å²) in [5, 5.41) is 0.986.